The topological polar surface area (TPSA) is 76.6 Å². The zero-order chi connectivity index (χ0) is 19.6. The van der Waals surface area contributed by atoms with E-state index in [0.29, 0.717) is 18.0 Å². The Morgan fingerprint density at radius 2 is 1.50 bits per heavy atom. The first-order valence-electron chi connectivity index (χ1n) is 9.84. The van der Waals surface area contributed by atoms with Gasteiger partial charge in [0.25, 0.3) is 11.6 Å². The summed E-state index contributed by atoms with van der Waals surface area (Å²) in [6.07, 6.45) is 3.57. The number of nitrogens with one attached hydrogen (secondary N) is 3. The Morgan fingerprint density at radius 1 is 0.857 bits per heavy atom. The number of nitrogens with zero attached hydrogens (tertiary/aromatic N) is 3. The molecular weight excluding hydrogens is 376 g/mol. The van der Waals surface area contributed by atoms with Gasteiger partial charge in [0.2, 0.25) is 10.0 Å². The maximum absolute atomic E-state index is 12.9. The van der Waals surface area contributed by atoms with Gasteiger partial charge in [-0.25, -0.2) is 18.4 Å². The van der Waals surface area contributed by atoms with Crippen molar-refractivity contribution < 1.29 is 23.3 Å². The molecule has 8 nitrogen and oxygen atoms in total. The van der Waals surface area contributed by atoms with Gasteiger partial charge in [0.1, 0.15) is 37.3 Å². The van der Waals surface area contributed by atoms with E-state index in [9.17, 15) is 8.42 Å². The Labute approximate surface area is 166 Å². The third-order valence-corrected chi connectivity index (χ3v) is 7.53. The summed E-state index contributed by atoms with van der Waals surface area (Å²) < 4.78 is 27.3. The van der Waals surface area contributed by atoms with E-state index in [1.165, 1.54) is 4.90 Å². The number of aromatic amines is 2. The maximum Gasteiger partial charge on any atom is 0.274 e. The fourth-order valence-corrected chi connectivity index (χ4v) is 5.19. The SMILES string of the molecule is C[NH+]1CCN(S(=O)(=O)c2ccc(N3CCN(c4cccc[nH+]4)CC3)[nH+]c2)CC1. The number of pyridine rings is 2. The number of aromatic nitrogens is 2. The lowest BCUT2D eigenvalue weighted by Crippen LogP contribution is -3.12. The Balaban J connectivity index is 1.40. The second-order valence-electron chi connectivity index (χ2n) is 7.49. The summed E-state index contributed by atoms with van der Waals surface area (Å²) in [4.78, 5) is 12.8. The van der Waals surface area contributed by atoms with E-state index in [2.05, 4.69) is 32.9 Å². The Bertz CT molecular complexity index is 874. The lowest BCUT2D eigenvalue weighted by molar-refractivity contribution is -0.883. The molecule has 4 rings (SSSR count). The molecule has 2 saturated heterocycles. The molecule has 0 aromatic carbocycles. The Morgan fingerprint density at radius 3 is 2.04 bits per heavy atom. The molecule has 0 amide bonds. The van der Waals surface area contributed by atoms with Gasteiger partial charge in [-0.15, -0.1) is 0 Å². The van der Waals surface area contributed by atoms with Crippen molar-refractivity contribution in [2.45, 2.75) is 4.90 Å². The third kappa shape index (κ3) is 3.96. The van der Waals surface area contributed by atoms with E-state index >= 15 is 0 Å². The quantitative estimate of drug-likeness (QED) is 0.649. The van der Waals surface area contributed by atoms with Gasteiger partial charge in [-0.05, 0) is 12.1 Å². The number of H-pyrrole nitrogens is 2. The van der Waals surface area contributed by atoms with Crippen LogP contribution in [0.3, 0.4) is 0 Å². The first kappa shape index (κ1) is 19.1. The van der Waals surface area contributed by atoms with Gasteiger partial charge in [-0.1, -0.05) is 6.07 Å². The van der Waals surface area contributed by atoms with Crippen LogP contribution in [0.25, 0.3) is 0 Å². The first-order valence-corrected chi connectivity index (χ1v) is 11.3. The minimum Gasteiger partial charge on any atom is -0.335 e. The zero-order valence-corrected chi connectivity index (χ0v) is 17.1. The summed E-state index contributed by atoms with van der Waals surface area (Å²) in [5.74, 6) is 2.08. The molecule has 0 aliphatic carbocycles. The summed E-state index contributed by atoms with van der Waals surface area (Å²) in [5, 5.41) is 0. The molecule has 28 heavy (non-hydrogen) atoms. The van der Waals surface area contributed by atoms with Crippen molar-refractivity contribution >= 4 is 21.7 Å². The smallest absolute Gasteiger partial charge is 0.274 e. The molecule has 150 valence electrons. The molecule has 4 heterocycles. The molecule has 2 aromatic heterocycles. The second kappa shape index (κ2) is 8.02. The highest BCUT2D eigenvalue weighted by Crippen LogP contribution is 2.18. The highest BCUT2D eigenvalue weighted by Gasteiger charge is 2.31. The van der Waals surface area contributed by atoms with E-state index < -0.39 is 10.0 Å². The predicted molar refractivity (Wildman–Crippen MR) is 106 cm³/mol. The molecule has 2 aliphatic heterocycles. The number of quaternary nitrogens is 1. The highest BCUT2D eigenvalue weighted by atomic mass is 32.2. The van der Waals surface area contributed by atoms with Crippen LogP contribution in [0.15, 0.2) is 47.6 Å². The number of anilines is 2. The van der Waals surface area contributed by atoms with Gasteiger partial charge in [-0.2, -0.15) is 4.31 Å². The number of hydrogen-bond acceptors (Lipinski definition) is 4. The molecule has 0 unspecified atom stereocenters. The van der Waals surface area contributed by atoms with Crippen molar-refractivity contribution in [3.63, 3.8) is 0 Å². The van der Waals surface area contributed by atoms with Crippen molar-refractivity contribution in [3.8, 4) is 0 Å². The number of likely N-dealkylation sites (N-methyl/N-ethyl adjacent to an activating group) is 1. The van der Waals surface area contributed by atoms with Crippen LogP contribution in [0.5, 0.6) is 0 Å². The fraction of sp³-hybridized carbons (Fsp3) is 0.474. The highest BCUT2D eigenvalue weighted by molar-refractivity contribution is 7.89. The van der Waals surface area contributed by atoms with Gasteiger partial charge < -0.3 is 4.90 Å². The number of sulfonamides is 1. The van der Waals surface area contributed by atoms with Gasteiger partial charge in [0.15, 0.2) is 0 Å². The van der Waals surface area contributed by atoms with Crippen LogP contribution in [0, 0.1) is 0 Å². The van der Waals surface area contributed by atoms with E-state index in [4.69, 9.17) is 0 Å². The van der Waals surface area contributed by atoms with Crippen molar-refractivity contribution in [2.75, 3.05) is 69.2 Å². The van der Waals surface area contributed by atoms with Crippen molar-refractivity contribution in [1.82, 2.24) is 4.31 Å². The normalized spacial score (nSPS) is 19.8. The van der Waals surface area contributed by atoms with E-state index in [1.807, 2.05) is 24.4 Å². The standard InChI is InChI=1S/C19H26N6O2S/c1-22-8-14-25(15-9-22)28(26,27)17-5-6-19(21-16-17)24-12-10-23(11-13-24)18-4-2-3-7-20-18/h2-7,16H,8-15H2,1H3/p+3. The van der Waals surface area contributed by atoms with Crippen LogP contribution in [0.1, 0.15) is 0 Å². The van der Waals surface area contributed by atoms with Gasteiger partial charge in [0, 0.05) is 12.1 Å². The molecule has 0 atom stereocenters. The molecule has 2 fully saturated rings. The van der Waals surface area contributed by atoms with Crippen LogP contribution in [-0.4, -0.2) is 72.1 Å². The average Bonchev–Trinajstić information content (AvgIpc) is 2.75. The fourth-order valence-electron chi connectivity index (χ4n) is 3.79. The van der Waals surface area contributed by atoms with E-state index in [-0.39, 0.29) is 0 Å². The van der Waals surface area contributed by atoms with Crippen LogP contribution in [0.2, 0.25) is 0 Å². The first-order chi connectivity index (χ1) is 13.5. The van der Waals surface area contributed by atoms with Crippen LogP contribution in [0.4, 0.5) is 11.6 Å². The Kier molecular flexibility index (Phi) is 5.47. The number of piperazine rings is 2. The van der Waals surface area contributed by atoms with Gasteiger partial charge >= 0.3 is 0 Å². The summed E-state index contributed by atoms with van der Waals surface area (Å²) in [7, 11) is -1.32. The monoisotopic (exact) mass is 405 g/mol. The van der Waals surface area contributed by atoms with Gasteiger partial charge in [0.05, 0.1) is 39.4 Å². The minimum atomic E-state index is -3.42. The lowest BCUT2D eigenvalue weighted by Gasteiger charge is -2.29. The predicted octanol–water partition coefficient (Wildman–Crippen LogP) is -1.84. The van der Waals surface area contributed by atoms with Crippen LogP contribution >= 0.6 is 0 Å². The minimum absolute atomic E-state index is 0.341. The average molecular weight is 406 g/mol. The third-order valence-electron chi connectivity index (χ3n) is 5.64. The molecule has 2 aliphatic rings. The maximum atomic E-state index is 12.9. The lowest BCUT2D eigenvalue weighted by atomic mass is 10.3. The van der Waals surface area contributed by atoms with Crippen LogP contribution < -0.4 is 24.7 Å². The van der Waals surface area contributed by atoms with Crippen molar-refractivity contribution in [2.24, 2.45) is 0 Å². The van der Waals surface area contributed by atoms with E-state index in [1.54, 1.807) is 16.6 Å². The van der Waals surface area contributed by atoms with Crippen molar-refractivity contribution in [3.05, 3.63) is 42.7 Å². The van der Waals surface area contributed by atoms with Crippen molar-refractivity contribution in [1.29, 1.82) is 0 Å². The summed E-state index contributed by atoms with van der Waals surface area (Å²) >= 11 is 0. The molecule has 9 heteroatoms. The van der Waals surface area contributed by atoms with Crippen LogP contribution in [-0.2, 0) is 10.0 Å². The Hall–Kier alpha value is -2.23. The summed E-state index contributed by atoms with van der Waals surface area (Å²) in [5.41, 5.74) is 0. The second-order valence-corrected chi connectivity index (χ2v) is 9.43. The summed E-state index contributed by atoms with van der Waals surface area (Å²) in [6, 6.07) is 9.71. The molecule has 0 radical (unpaired) electrons. The molecule has 0 saturated carbocycles. The zero-order valence-electron chi connectivity index (χ0n) is 16.3. The van der Waals surface area contributed by atoms with E-state index in [0.717, 1.165) is 50.9 Å². The molecule has 3 N–H and O–H groups in total. The molecule has 0 bridgehead atoms. The summed E-state index contributed by atoms with van der Waals surface area (Å²) in [6.45, 7) is 6.45. The molecule has 2 aromatic rings. The molecular formula is C19H29N6O2S+3. The number of hydrogen-bond donors (Lipinski definition) is 1. The largest absolute Gasteiger partial charge is 0.335 e. The molecule has 0 spiro atoms. The number of rotatable bonds is 4. The van der Waals surface area contributed by atoms with Gasteiger partial charge in [-0.3, -0.25) is 9.80 Å².